The molecule has 3 unspecified atom stereocenters. The van der Waals surface area contributed by atoms with Crippen LogP contribution in [0.3, 0.4) is 0 Å². The minimum absolute atomic E-state index is 0.0290. The van der Waals surface area contributed by atoms with E-state index in [1.54, 1.807) is 10.9 Å². The zero-order valence-corrected chi connectivity index (χ0v) is 22.5. The zero-order chi connectivity index (χ0) is 27.2. The third-order valence-corrected chi connectivity index (χ3v) is 7.23. The highest BCUT2D eigenvalue weighted by atomic mass is 35.5. The molecule has 2 heterocycles. The predicted octanol–water partition coefficient (Wildman–Crippen LogP) is 6.25. The standard InChI is InChI=1S/C29H28Cl2N4O4/c30-26-27(31)35(18-33-26)16-24-14-25(21-11-9-20(17-36)10-12-21)39-28(38-24)22-7-4-8-23(13-22)34-29(37)32-15-19-5-2-1-3-6-19/h1-13,18,24-25,28,36H,14-17H2,(H2,32,34,37). The number of halogens is 2. The summed E-state index contributed by atoms with van der Waals surface area (Å²) in [6.45, 7) is 0.822. The number of nitrogens with zero attached hydrogens (tertiary/aromatic N) is 2. The van der Waals surface area contributed by atoms with Crippen LogP contribution in [0.25, 0.3) is 0 Å². The molecule has 10 heteroatoms. The quantitative estimate of drug-likeness (QED) is 0.234. The molecular formula is C29H28Cl2N4O4. The number of aliphatic hydroxyl groups is 1. The number of carbonyl (C=O) groups is 1. The molecular weight excluding hydrogens is 539 g/mol. The van der Waals surface area contributed by atoms with Gasteiger partial charge in [0.05, 0.1) is 31.7 Å². The van der Waals surface area contributed by atoms with Crippen molar-refractivity contribution in [2.24, 2.45) is 0 Å². The number of nitrogens with one attached hydrogen (secondary N) is 2. The van der Waals surface area contributed by atoms with Gasteiger partial charge in [-0.3, -0.25) is 0 Å². The van der Waals surface area contributed by atoms with Gasteiger partial charge in [0.25, 0.3) is 0 Å². The first-order chi connectivity index (χ1) is 19.0. The van der Waals surface area contributed by atoms with Gasteiger partial charge in [0.2, 0.25) is 0 Å². The van der Waals surface area contributed by atoms with Crippen molar-refractivity contribution in [1.82, 2.24) is 14.9 Å². The second-order valence-corrected chi connectivity index (χ2v) is 9.96. The summed E-state index contributed by atoms with van der Waals surface area (Å²) in [5.74, 6) is 0. The first-order valence-electron chi connectivity index (χ1n) is 12.5. The van der Waals surface area contributed by atoms with Crippen molar-refractivity contribution in [2.45, 2.75) is 44.6 Å². The van der Waals surface area contributed by atoms with Crippen LogP contribution < -0.4 is 10.6 Å². The van der Waals surface area contributed by atoms with Gasteiger partial charge in [0.1, 0.15) is 5.15 Å². The molecule has 4 aromatic rings. The van der Waals surface area contributed by atoms with E-state index >= 15 is 0 Å². The summed E-state index contributed by atoms with van der Waals surface area (Å²) in [5.41, 5.74) is 4.17. The van der Waals surface area contributed by atoms with Gasteiger partial charge in [-0.15, -0.1) is 0 Å². The smallest absolute Gasteiger partial charge is 0.319 e. The van der Waals surface area contributed by atoms with Gasteiger partial charge in [0.15, 0.2) is 11.4 Å². The fourth-order valence-corrected chi connectivity index (χ4v) is 4.75. The summed E-state index contributed by atoms with van der Waals surface area (Å²) < 4.78 is 14.5. The van der Waals surface area contributed by atoms with Crippen LogP contribution >= 0.6 is 23.2 Å². The highest BCUT2D eigenvalue weighted by molar-refractivity contribution is 6.40. The molecule has 0 bridgehead atoms. The highest BCUT2D eigenvalue weighted by Gasteiger charge is 2.33. The monoisotopic (exact) mass is 566 g/mol. The number of hydrogen-bond donors (Lipinski definition) is 3. The number of aliphatic hydroxyl groups excluding tert-OH is 1. The summed E-state index contributed by atoms with van der Waals surface area (Å²) >= 11 is 12.4. The Labute approximate surface area is 236 Å². The molecule has 1 aliphatic heterocycles. The Morgan fingerprint density at radius 2 is 1.77 bits per heavy atom. The third kappa shape index (κ3) is 6.98. The number of benzene rings is 3. The van der Waals surface area contributed by atoms with Crippen molar-refractivity contribution in [3.8, 4) is 0 Å². The Kier molecular flexibility index (Phi) is 8.81. The lowest BCUT2D eigenvalue weighted by atomic mass is 10.00. The van der Waals surface area contributed by atoms with E-state index in [2.05, 4.69) is 15.6 Å². The third-order valence-electron chi connectivity index (χ3n) is 6.46. The lowest BCUT2D eigenvalue weighted by Gasteiger charge is -2.36. The molecule has 2 amide bonds. The number of rotatable bonds is 8. The van der Waals surface area contributed by atoms with E-state index in [0.717, 1.165) is 22.3 Å². The van der Waals surface area contributed by atoms with Gasteiger partial charge in [-0.2, -0.15) is 0 Å². The van der Waals surface area contributed by atoms with Crippen molar-refractivity contribution in [3.05, 3.63) is 118 Å². The van der Waals surface area contributed by atoms with Crippen LogP contribution in [0, 0.1) is 0 Å². The van der Waals surface area contributed by atoms with Crippen molar-refractivity contribution < 1.29 is 19.4 Å². The predicted molar refractivity (Wildman–Crippen MR) is 149 cm³/mol. The van der Waals surface area contributed by atoms with Crippen molar-refractivity contribution in [2.75, 3.05) is 5.32 Å². The van der Waals surface area contributed by atoms with Crippen molar-refractivity contribution in [3.63, 3.8) is 0 Å². The van der Waals surface area contributed by atoms with Crippen molar-refractivity contribution in [1.29, 1.82) is 0 Å². The summed E-state index contributed by atoms with van der Waals surface area (Å²) in [6, 6.07) is 24.4. The Bertz CT molecular complexity index is 1400. The molecule has 1 aromatic heterocycles. The number of imidazole rings is 1. The van der Waals surface area contributed by atoms with Gasteiger partial charge >= 0.3 is 6.03 Å². The molecule has 202 valence electrons. The molecule has 3 N–H and O–H groups in total. The molecule has 0 saturated carbocycles. The maximum Gasteiger partial charge on any atom is 0.319 e. The maximum atomic E-state index is 12.5. The lowest BCUT2D eigenvalue weighted by molar-refractivity contribution is -0.252. The van der Waals surface area contributed by atoms with E-state index in [4.69, 9.17) is 32.7 Å². The van der Waals surface area contributed by atoms with Gasteiger partial charge in [-0.1, -0.05) is 89.9 Å². The average Bonchev–Trinajstić information content (AvgIpc) is 3.29. The van der Waals surface area contributed by atoms with Gasteiger partial charge in [-0.05, 0) is 28.8 Å². The number of urea groups is 1. The molecule has 1 fully saturated rings. The number of anilines is 1. The van der Waals surface area contributed by atoms with Gasteiger partial charge in [-0.25, -0.2) is 9.78 Å². The van der Waals surface area contributed by atoms with E-state index in [-0.39, 0.29) is 30.0 Å². The van der Waals surface area contributed by atoms with Crippen molar-refractivity contribution >= 4 is 34.9 Å². The van der Waals surface area contributed by atoms with E-state index < -0.39 is 6.29 Å². The summed E-state index contributed by atoms with van der Waals surface area (Å²) in [6.07, 6.45) is 0.923. The molecule has 0 aliphatic carbocycles. The second kappa shape index (κ2) is 12.6. The molecule has 5 rings (SSSR count). The Morgan fingerprint density at radius 3 is 2.49 bits per heavy atom. The molecule has 3 atom stereocenters. The number of aromatic nitrogens is 2. The van der Waals surface area contributed by atoms with Crippen LogP contribution in [0.15, 0.2) is 85.2 Å². The molecule has 1 aliphatic rings. The molecule has 0 radical (unpaired) electrons. The van der Waals surface area contributed by atoms with E-state index in [0.29, 0.717) is 30.4 Å². The van der Waals surface area contributed by atoms with E-state index in [9.17, 15) is 9.90 Å². The Hall–Kier alpha value is -3.40. The van der Waals surface area contributed by atoms with Crippen LogP contribution in [0.5, 0.6) is 0 Å². The Balaban J connectivity index is 1.32. The zero-order valence-electron chi connectivity index (χ0n) is 21.0. The average molecular weight is 567 g/mol. The number of amides is 2. The molecule has 0 spiro atoms. The van der Waals surface area contributed by atoms with Crippen LogP contribution in [0.1, 0.15) is 41.1 Å². The maximum absolute atomic E-state index is 12.5. The first-order valence-corrected chi connectivity index (χ1v) is 13.3. The number of hydrogen-bond acceptors (Lipinski definition) is 5. The summed E-state index contributed by atoms with van der Waals surface area (Å²) in [4.78, 5) is 16.6. The van der Waals surface area contributed by atoms with E-state index in [1.807, 2.05) is 78.9 Å². The molecule has 8 nitrogen and oxygen atoms in total. The van der Waals surface area contributed by atoms with Crippen LogP contribution in [0.2, 0.25) is 10.3 Å². The van der Waals surface area contributed by atoms with Crippen LogP contribution in [0.4, 0.5) is 10.5 Å². The van der Waals surface area contributed by atoms with Crippen LogP contribution in [-0.2, 0) is 29.2 Å². The summed E-state index contributed by atoms with van der Waals surface area (Å²) in [7, 11) is 0. The largest absolute Gasteiger partial charge is 0.392 e. The molecule has 39 heavy (non-hydrogen) atoms. The van der Waals surface area contributed by atoms with Gasteiger partial charge < -0.3 is 29.8 Å². The topological polar surface area (TPSA) is 97.6 Å². The summed E-state index contributed by atoms with van der Waals surface area (Å²) in [5, 5.41) is 15.8. The Morgan fingerprint density at radius 1 is 0.974 bits per heavy atom. The molecule has 3 aromatic carbocycles. The SMILES string of the molecule is O=C(NCc1ccccc1)Nc1cccc(C2OC(Cn3cnc(Cl)c3Cl)CC(c3ccc(CO)cc3)O2)c1. The first kappa shape index (κ1) is 27.2. The fraction of sp³-hybridized carbons (Fsp3) is 0.241. The second-order valence-electron chi connectivity index (χ2n) is 9.25. The highest BCUT2D eigenvalue weighted by Crippen LogP contribution is 2.39. The fourth-order valence-electron chi connectivity index (χ4n) is 4.44. The number of ether oxygens (including phenoxy) is 2. The van der Waals surface area contributed by atoms with Crippen LogP contribution in [-0.4, -0.2) is 26.8 Å². The molecule has 1 saturated heterocycles. The van der Waals surface area contributed by atoms with Gasteiger partial charge in [0, 0.05) is 24.2 Å². The lowest BCUT2D eigenvalue weighted by Crippen LogP contribution is -2.32. The number of carbonyl (C=O) groups excluding carboxylic acids is 1. The van der Waals surface area contributed by atoms with E-state index in [1.165, 1.54) is 0 Å². The minimum atomic E-state index is -0.696. The minimum Gasteiger partial charge on any atom is -0.392 e. The normalized spacial score (nSPS) is 19.0.